The van der Waals surface area contributed by atoms with Crippen LogP contribution in [0.25, 0.3) is 0 Å². The average Bonchev–Trinajstić information content (AvgIpc) is 2.03. The minimum atomic E-state index is 0.539. The van der Waals surface area contributed by atoms with E-state index in [2.05, 4.69) is 18.2 Å². The van der Waals surface area contributed by atoms with Gasteiger partial charge in [-0.1, -0.05) is 19.2 Å². The van der Waals surface area contributed by atoms with E-state index in [0.29, 0.717) is 5.88 Å². The smallest absolute Gasteiger partial charge is 0.213 e. The maximum atomic E-state index is 4.92. The van der Waals surface area contributed by atoms with Crippen molar-refractivity contribution in [2.75, 3.05) is 7.11 Å². The zero-order valence-corrected chi connectivity index (χ0v) is 7.00. The van der Waals surface area contributed by atoms with Gasteiger partial charge in [-0.3, -0.25) is 0 Å². The molecule has 0 bridgehead atoms. The van der Waals surface area contributed by atoms with Crippen molar-refractivity contribution in [3.05, 3.63) is 37.3 Å². The first-order valence-corrected chi connectivity index (χ1v) is 3.29. The lowest BCUT2D eigenvalue weighted by molar-refractivity contribution is 0.289. The molecule has 0 unspecified atom stereocenters. The lowest BCUT2D eigenvalue weighted by Crippen LogP contribution is -1.88. The Morgan fingerprint density at radius 2 is 2.09 bits per heavy atom. The molecule has 11 heavy (non-hydrogen) atoms. The Balaban J connectivity index is 4.40. The second-order valence-corrected chi connectivity index (χ2v) is 1.90. The number of hydrogen-bond donors (Lipinski definition) is 0. The second-order valence-electron chi connectivity index (χ2n) is 1.90. The monoisotopic (exact) mass is 151 g/mol. The van der Waals surface area contributed by atoms with Crippen LogP contribution >= 0.6 is 0 Å². The van der Waals surface area contributed by atoms with Crippen LogP contribution in [0.2, 0.25) is 0 Å². The molecular formula is C9H13NO. The maximum absolute atomic E-state index is 4.92. The predicted molar refractivity (Wildman–Crippen MR) is 48.6 cm³/mol. The molecule has 0 rings (SSSR count). The Hall–Kier alpha value is -1.31. The summed E-state index contributed by atoms with van der Waals surface area (Å²) in [5.41, 5.74) is 0.819. The number of aliphatic imine (C=N–C) groups is 1. The number of allylic oxidation sites excluding steroid dienone is 3. The highest BCUT2D eigenvalue weighted by Crippen LogP contribution is 1.98. The molecule has 0 aliphatic carbocycles. The van der Waals surface area contributed by atoms with Crippen LogP contribution in [0.15, 0.2) is 42.3 Å². The Bertz CT molecular complexity index is 202. The van der Waals surface area contributed by atoms with Crippen molar-refractivity contribution < 1.29 is 4.74 Å². The zero-order chi connectivity index (χ0) is 8.69. The molecule has 0 aromatic heterocycles. The van der Waals surface area contributed by atoms with Crippen LogP contribution in [-0.2, 0) is 4.74 Å². The van der Waals surface area contributed by atoms with E-state index in [1.165, 1.54) is 0 Å². The highest BCUT2D eigenvalue weighted by atomic mass is 16.5. The van der Waals surface area contributed by atoms with Crippen LogP contribution in [0.1, 0.15) is 6.92 Å². The van der Waals surface area contributed by atoms with Gasteiger partial charge in [-0.05, 0) is 19.1 Å². The Morgan fingerprint density at radius 3 is 2.45 bits per heavy atom. The highest BCUT2D eigenvalue weighted by molar-refractivity contribution is 5.92. The molecule has 0 aliphatic heterocycles. The number of hydrogen-bond acceptors (Lipinski definition) is 2. The van der Waals surface area contributed by atoms with E-state index in [1.807, 2.05) is 6.92 Å². The molecule has 0 saturated carbocycles. The third kappa shape index (κ3) is 4.14. The fourth-order valence-electron chi connectivity index (χ4n) is 0.471. The molecule has 0 fully saturated rings. The van der Waals surface area contributed by atoms with Crippen molar-refractivity contribution in [3.8, 4) is 0 Å². The van der Waals surface area contributed by atoms with Crippen LogP contribution in [0, 0.1) is 0 Å². The summed E-state index contributed by atoms with van der Waals surface area (Å²) in [6.07, 6.45) is 4.97. The molecule has 60 valence electrons. The SMILES string of the molecule is C=C/C=C(\N=C(\C)C=C)OC. The third-order valence-corrected chi connectivity index (χ3v) is 1.05. The summed E-state index contributed by atoms with van der Waals surface area (Å²) in [4.78, 5) is 4.07. The topological polar surface area (TPSA) is 21.6 Å². The quantitative estimate of drug-likeness (QED) is 0.343. The molecule has 0 N–H and O–H groups in total. The highest BCUT2D eigenvalue weighted by Gasteiger charge is 1.88. The minimum absolute atomic E-state index is 0.539. The van der Waals surface area contributed by atoms with Crippen molar-refractivity contribution in [2.45, 2.75) is 6.92 Å². The Labute approximate surface area is 67.6 Å². The van der Waals surface area contributed by atoms with E-state index in [9.17, 15) is 0 Å². The van der Waals surface area contributed by atoms with Gasteiger partial charge in [0.1, 0.15) is 0 Å². The van der Waals surface area contributed by atoms with Crippen molar-refractivity contribution in [2.24, 2.45) is 4.99 Å². The second kappa shape index (κ2) is 5.47. The molecule has 0 heterocycles. The molecular weight excluding hydrogens is 138 g/mol. The van der Waals surface area contributed by atoms with E-state index in [-0.39, 0.29) is 0 Å². The summed E-state index contributed by atoms with van der Waals surface area (Å²) in [6.45, 7) is 8.95. The third-order valence-electron chi connectivity index (χ3n) is 1.05. The summed E-state index contributed by atoms with van der Waals surface area (Å²) in [7, 11) is 1.56. The summed E-state index contributed by atoms with van der Waals surface area (Å²) < 4.78 is 4.92. The van der Waals surface area contributed by atoms with Gasteiger partial charge in [-0.25, -0.2) is 4.99 Å². The van der Waals surface area contributed by atoms with Gasteiger partial charge in [0.15, 0.2) is 0 Å². The van der Waals surface area contributed by atoms with Gasteiger partial charge in [-0.2, -0.15) is 0 Å². The minimum Gasteiger partial charge on any atom is -0.481 e. The molecule has 0 aromatic carbocycles. The molecule has 0 saturated heterocycles. The number of nitrogens with zero attached hydrogens (tertiary/aromatic N) is 1. The van der Waals surface area contributed by atoms with Crippen LogP contribution < -0.4 is 0 Å². The lowest BCUT2D eigenvalue weighted by atomic mass is 10.4. The molecule has 2 nitrogen and oxygen atoms in total. The summed E-state index contributed by atoms with van der Waals surface area (Å²) in [6, 6.07) is 0. The van der Waals surface area contributed by atoms with Crippen molar-refractivity contribution in [1.82, 2.24) is 0 Å². The van der Waals surface area contributed by atoms with E-state index >= 15 is 0 Å². The van der Waals surface area contributed by atoms with Crippen LogP contribution in [-0.4, -0.2) is 12.8 Å². The average molecular weight is 151 g/mol. The standard InChI is InChI=1S/C9H13NO/c1-5-7-9(11-4)10-8(3)6-2/h5-7H,1-2H2,3-4H3/b9-7+,10-8-. The number of rotatable bonds is 4. The maximum Gasteiger partial charge on any atom is 0.213 e. The largest absolute Gasteiger partial charge is 0.481 e. The van der Waals surface area contributed by atoms with Gasteiger partial charge < -0.3 is 4.74 Å². The molecule has 0 radical (unpaired) electrons. The lowest BCUT2D eigenvalue weighted by Gasteiger charge is -1.97. The normalized spacial score (nSPS) is 12.5. The van der Waals surface area contributed by atoms with E-state index in [0.717, 1.165) is 5.71 Å². The predicted octanol–water partition coefficient (Wildman–Crippen LogP) is 2.31. The van der Waals surface area contributed by atoms with Gasteiger partial charge in [-0.15, -0.1) is 0 Å². The molecule has 0 aromatic rings. The van der Waals surface area contributed by atoms with Gasteiger partial charge in [0.25, 0.3) is 0 Å². The first-order valence-electron chi connectivity index (χ1n) is 3.29. The zero-order valence-electron chi connectivity index (χ0n) is 7.00. The van der Waals surface area contributed by atoms with Crippen molar-refractivity contribution >= 4 is 5.71 Å². The van der Waals surface area contributed by atoms with Gasteiger partial charge in [0.2, 0.25) is 5.88 Å². The van der Waals surface area contributed by atoms with Gasteiger partial charge >= 0.3 is 0 Å². The van der Waals surface area contributed by atoms with E-state index in [4.69, 9.17) is 4.74 Å². The summed E-state index contributed by atoms with van der Waals surface area (Å²) in [5, 5.41) is 0. The van der Waals surface area contributed by atoms with E-state index in [1.54, 1.807) is 25.3 Å². The first-order chi connectivity index (χ1) is 5.24. The summed E-state index contributed by atoms with van der Waals surface area (Å²) >= 11 is 0. The Kier molecular flexibility index (Phi) is 4.82. The Morgan fingerprint density at radius 1 is 1.45 bits per heavy atom. The van der Waals surface area contributed by atoms with Crippen molar-refractivity contribution in [1.29, 1.82) is 0 Å². The molecule has 2 heteroatoms. The van der Waals surface area contributed by atoms with Crippen LogP contribution in [0.4, 0.5) is 0 Å². The van der Waals surface area contributed by atoms with E-state index < -0.39 is 0 Å². The molecule has 0 spiro atoms. The van der Waals surface area contributed by atoms with Crippen LogP contribution in [0.5, 0.6) is 0 Å². The fraction of sp³-hybridized carbons (Fsp3) is 0.222. The fourth-order valence-corrected chi connectivity index (χ4v) is 0.471. The van der Waals surface area contributed by atoms with Crippen molar-refractivity contribution in [3.63, 3.8) is 0 Å². The van der Waals surface area contributed by atoms with Gasteiger partial charge in [0.05, 0.1) is 7.11 Å². The molecule has 0 aliphatic rings. The first kappa shape index (κ1) is 9.69. The van der Waals surface area contributed by atoms with Crippen LogP contribution in [0.3, 0.4) is 0 Å². The molecule has 0 amide bonds. The number of ether oxygens (including phenoxy) is 1. The van der Waals surface area contributed by atoms with Gasteiger partial charge in [0, 0.05) is 5.71 Å². The number of methoxy groups -OCH3 is 1. The summed E-state index contributed by atoms with van der Waals surface area (Å²) in [5.74, 6) is 0.539. The molecule has 0 atom stereocenters.